The Hall–Kier alpha value is -2.63. The number of carboxylic acid groups (broad SMARTS) is 1. The molecule has 0 saturated carbocycles. The van der Waals surface area contributed by atoms with Gasteiger partial charge in [0.15, 0.2) is 6.04 Å². The van der Waals surface area contributed by atoms with E-state index in [-0.39, 0.29) is 0 Å². The molecular weight excluding hydrogens is 248 g/mol. The van der Waals surface area contributed by atoms with Gasteiger partial charge in [0.05, 0.1) is 0 Å². The summed E-state index contributed by atoms with van der Waals surface area (Å²) in [7, 11) is 0. The number of amides is 3. The minimum absolute atomic E-state index is 0.413. The van der Waals surface area contributed by atoms with Crippen LogP contribution in [0.25, 0.3) is 0 Å². The number of carboxylic acids is 1. The number of nitrogens with one attached hydrogen (secondary N) is 1. The van der Waals surface area contributed by atoms with Gasteiger partial charge in [-0.15, -0.1) is 0 Å². The summed E-state index contributed by atoms with van der Waals surface area (Å²) in [4.78, 5) is 34.8. The van der Waals surface area contributed by atoms with Crippen molar-refractivity contribution in [1.82, 2.24) is 10.2 Å². The van der Waals surface area contributed by atoms with E-state index in [1.165, 1.54) is 6.92 Å². The van der Waals surface area contributed by atoms with E-state index >= 15 is 0 Å². The summed E-state index contributed by atoms with van der Waals surface area (Å²) in [6.07, 6.45) is 1.03. The first-order chi connectivity index (χ1) is 8.97. The van der Waals surface area contributed by atoms with E-state index in [0.717, 1.165) is 6.20 Å². The van der Waals surface area contributed by atoms with Gasteiger partial charge < -0.3 is 10.4 Å². The molecule has 0 bridgehead atoms. The average Bonchev–Trinajstić information content (AvgIpc) is 2.37. The highest BCUT2D eigenvalue weighted by Crippen LogP contribution is 2.13. The van der Waals surface area contributed by atoms with Crippen LogP contribution in [0.15, 0.2) is 43.1 Å². The highest BCUT2D eigenvalue weighted by atomic mass is 16.4. The lowest BCUT2D eigenvalue weighted by atomic mass is 10.1. The number of carbonyl (C=O) groups excluding carboxylic acids is 2. The van der Waals surface area contributed by atoms with Gasteiger partial charge in [-0.2, -0.15) is 0 Å². The third-order valence-electron chi connectivity index (χ3n) is 2.39. The topological polar surface area (TPSA) is 86.7 Å². The van der Waals surface area contributed by atoms with Crippen LogP contribution in [0.1, 0.15) is 18.5 Å². The second-order valence-electron chi connectivity index (χ2n) is 3.70. The van der Waals surface area contributed by atoms with Crippen LogP contribution >= 0.6 is 0 Å². The SMILES string of the molecule is C=CN(C(C)=O)C(=O)NC(C(=O)O)c1ccccc1. The molecule has 1 unspecified atom stereocenters. The second-order valence-corrected chi connectivity index (χ2v) is 3.70. The zero-order chi connectivity index (χ0) is 14.4. The van der Waals surface area contributed by atoms with E-state index in [9.17, 15) is 14.4 Å². The maximum absolute atomic E-state index is 11.8. The van der Waals surface area contributed by atoms with E-state index in [1.807, 2.05) is 0 Å². The average molecular weight is 262 g/mol. The van der Waals surface area contributed by atoms with E-state index in [4.69, 9.17) is 5.11 Å². The number of aliphatic carboxylic acids is 1. The fraction of sp³-hybridized carbons (Fsp3) is 0.154. The number of hydrogen-bond donors (Lipinski definition) is 2. The zero-order valence-electron chi connectivity index (χ0n) is 10.4. The van der Waals surface area contributed by atoms with Gasteiger partial charge in [-0.05, 0) is 5.56 Å². The molecule has 1 atom stereocenters. The number of urea groups is 1. The van der Waals surface area contributed by atoms with Gasteiger partial charge in [-0.25, -0.2) is 14.5 Å². The highest BCUT2D eigenvalue weighted by Gasteiger charge is 2.25. The molecule has 0 heterocycles. The van der Waals surface area contributed by atoms with Crippen molar-refractivity contribution in [1.29, 1.82) is 0 Å². The Balaban J connectivity index is 2.92. The fourth-order valence-electron chi connectivity index (χ4n) is 1.48. The number of carbonyl (C=O) groups is 3. The first-order valence-electron chi connectivity index (χ1n) is 5.48. The van der Waals surface area contributed by atoms with E-state index < -0.39 is 23.9 Å². The number of hydrogen-bond acceptors (Lipinski definition) is 3. The zero-order valence-corrected chi connectivity index (χ0v) is 10.4. The van der Waals surface area contributed by atoms with Crippen molar-refractivity contribution in [3.63, 3.8) is 0 Å². The van der Waals surface area contributed by atoms with Crippen LogP contribution < -0.4 is 5.32 Å². The van der Waals surface area contributed by atoms with Gasteiger partial charge in [0.2, 0.25) is 5.91 Å². The van der Waals surface area contributed by atoms with Crippen molar-refractivity contribution in [2.45, 2.75) is 13.0 Å². The maximum atomic E-state index is 11.8. The molecular formula is C13H14N2O4. The Labute approximate surface area is 110 Å². The third-order valence-corrected chi connectivity index (χ3v) is 2.39. The quantitative estimate of drug-likeness (QED) is 0.861. The molecule has 3 amide bonds. The Morgan fingerprint density at radius 1 is 1.32 bits per heavy atom. The van der Waals surface area contributed by atoms with Crippen molar-refractivity contribution in [2.75, 3.05) is 0 Å². The molecule has 6 heteroatoms. The van der Waals surface area contributed by atoms with Crippen molar-refractivity contribution in [2.24, 2.45) is 0 Å². The Morgan fingerprint density at radius 2 is 1.89 bits per heavy atom. The molecule has 6 nitrogen and oxygen atoms in total. The van der Waals surface area contributed by atoms with Crippen LogP contribution in [-0.4, -0.2) is 27.9 Å². The summed E-state index contributed by atoms with van der Waals surface area (Å²) in [5.41, 5.74) is 0.413. The third kappa shape index (κ3) is 3.67. The van der Waals surface area contributed by atoms with Gasteiger partial charge in [0.25, 0.3) is 0 Å². The van der Waals surface area contributed by atoms with Crippen LogP contribution in [-0.2, 0) is 9.59 Å². The van der Waals surface area contributed by atoms with Crippen LogP contribution in [0.2, 0.25) is 0 Å². The lowest BCUT2D eigenvalue weighted by Crippen LogP contribution is -2.43. The van der Waals surface area contributed by atoms with Gasteiger partial charge in [-0.1, -0.05) is 36.9 Å². The Morgan fingerprint density at radius 3 is 2.32 bits per heavy atom. The molecule has 0 aliphatic rings. The fourth-order valence-corrected chi connectivity index (χ4v) is 1.48. The number of imide groups is 1. The second kappa shape index (κ2) is 6.34. The molecule has 100 valence electrons. The Kier molecular flexibility index (Phi) is 4.82. The standard InChI is InChI=1S/C13H14N2O4/c1-3-15(9(2)16)13(19)14-11(12(17)18)10-7-5-4-6-8-10/h3-8,11H,1H2,2H3,(H,14,19)(H,17,18). The summed E-state index contributed by atoms with van der Waals surface area (Å²) in [6.45, 7) is 4.51. The van der Waals surface area contributed by atoms with E-state index in [1.54, 1.807) is 30.3 Å². The smallest absolute Gasteiger partial charge is 0.330 e. The molecule has 1 aromatic rings. The minimum atomic E-state index is -1.23. The predicted octanol–water partition coefficient (Wildman–Crippen LogP) is 1.51. The predicted molar refractivity (Wildman–Crippen MR) is 68.1 cm³/mol. The van der Waals surface area contributed by atoms with Crippen molar-refractivity contribution >= 4 is 17.9 Å². The summed E-state index contributed by atoms with van der Waals surface area (Å²) in [5, 5.41) is 11.4. The van der Waals surface area contributed by atoms with Gasteiger partial charge in [0.1, 0.15) is 0 Å². The summed E-state index contributed by atoms with van der Waals surface area (Å²) >= 11 is 0. The van der Waals surface area contributed by atoms with Gasteiger partial charge in [0, 0.05) is 13.1 Å². The number of benzene rings is 1. The van der Waals surface area contributed by atoms with E-state index in [2.05, 4.69) is 11.9 Å². The van der Waals surface area contributed by atoms with Crippen molar-refractivity contribution < 1.29 is 19.5 Å². The van der Waals surface area contributed by atoms with Crippen molar-refractivity contribution in [3.8, 4) is 0 Å². The maximum Gasteiger partial charge on any atom is 0.330 e. The summed E-state index contributed by atoms with van der Waals surface area (Å²) in [6, 6.07) is 6.14. The highest BCUT2D eigenvalue weighted by molar-refractivity contribution is 5.96. The minimum Gasteiger partial charge on any atom is -0.479 e. The molecule has 0 aliphatic carbocycles. The van der Waals surface area contributed by atoms with E-state index in [0.29, 0.717) is 10.5 Å². The van der Waals surface area contributed by atoms with Crippen molar-refractivity contribution in [3.05, 3.63) is 48.7 Å². The first kappa shape index (κ1) is 14.4. The van der Waals surface area contributed by atoms with Gasteiger partial charge >= 0.3 is 12.0 Å². The Bertz CT molecular complexity index is 499. The molecule has 19 heavy (non-hydrogen) atoms. The number of nitrogens with zero attached hydrogens (tertiary/aromatic N) is 1. The largest absolute Gasteiger partial charge is 0.479 e. The molecule has 0 spiro atoms. The summed E-state index contributed by atoms with van der Waals surface area (Å²) in [5.74, 6) is -1.77. The lowest BCUT2D eigenvalue weighted by Gasteiger charge is -2.19. The molecule has 0 radical (unpaired) electrons. The summed E-state index contributed by atoms with van der Waals surface area (Å²) < 4.78 is 0. The molecule has 2 N–H and O–H groups in total. The van der Waals surface area contributed by atoms with Gasteiger partial charge in [-0.3, -0.25) is 4.79 Å². The first-order valence-corrected chi connectivity index (χ1v) is 5.48. The molecule has 0 aromatic heterocycles. The molecule has 0 saturated heterocycles. The number of rotatable bonds is 4. The molecule has 0 aliphatic heterocycles. The molecule has 0 fully saturated rings. The normalized spacial score (nSPS) is 11.2. The van der Waals surface area contributed by atoms with Crippen LogP contribution in [0, 0.1) is 0 Å². The molecule has 1 aromatic carbocycles. The monoisotopic (exact) mass is 262 g/mol. The van der Waals surface area contributed by atoms with Crippen LogP contribution in [0.3, 0.4) is 0 Å². The van der Waals surface area contributed by atoms with Crippen LogP contribution in [0.5, 0.6) is 0 Å². The van der Waals surface area contributed by atoms with Crippen LogP contribution in [0.4, 0.5) is 4.79 Å². The lowest BCUT2D eigenvalue weighted by molar-refractivity contribution is -0.139. The molecule has 1 rings (SSSR count).